The van der Waals surface area contributed by atoms with Crippen molar-refractivity contribution in [3.8, 4) is 17.1 Å². The van der Waals surface area contributed by atoms with Crippen LogP contribution >= 0.6 is 0 Å². The fourth-order valence-corrected chi connectivity index (χ4v) is 4.76. The lowest BCUT2D eigenvalue weighted by Gasteiger charge is -2.44. The summed E-state index contributed by atoms with van der Waals surface area (Å²) in [6.07, 6.45) is 2.73. The molecule has 4 aromatic rings. The summed E-state index contributed by atoms with van der Waals surface area (Å²) in [6, 6.07) is 9.53. The van der Waals surface area contributed by atoms with Crippen molar-refractivity contribution in [2.45, 2.75) is 25.1 Å². The molecule has 0 radical (unpaired) electrons. The largest absolute Gasteiger partial charge is 0.497 e. The lowest BCUT2D eigenvalue weighted by Crippen LogP contribution is -2.58. The molecule has 11 nitrogen and oxygen atoms in total. The predicted molar refractivity (Wildman–Crippen MR) is 134 cm³/mol. The van der Waals surface area contributed by atoms with Crippen LogP contribution in [0, 0.1) is 11.6 Å². The van der Waals surface area contributed by atoms with Gasteiger partial charge in [0.2, 0.25) is 5.82 Å². The second-order valence-electron chi connectivity index (χ2n) is 9.30. The van der Waals surface area contributed by atoms with E-state index in [0.29, 0.717) is 37.5 Å². The Balaban J connectivity index is 1.29. The van der Waals surface area contributed by atoms with E-state index in [9.17, 15) is 18.7 Å². The first-order valence-corrected chi connectivity index (χ1v) is 12.3. The van der Waals surface area contributed by atoms with Crippen molar-refractivity contribution in [1.29, 1.82) is 0 Å². The third-order valence-corrected chi connectivity index (χ3v) is 7.06. The monoisotopic (exact) mass is 539 g/mol. The maximum absolute atomic E-state index is 14.9. The van der Waals surface area contributed by atoms with Crippen LogP contribution in [-0.2, 0) is 12.1 Å². The number of halogens is 2. The molecule has 1 N–H and O–H groups in total. The Bertz CT molecular complexity index is 1420. The Morgan fingerprint density at radius 2 is 1.90 bits per heavy atom. The number of carbonyl (C=O) groups is 1. The number of amides is 1. The molecule has 0 unspecified atom stereocenters. The van der Waals surface area contributed by atoms with E-state index < -0.39 is 29.2 Å². The Kier molecular flexibility index (Phi) is 7.35. The highest BCUT2D eigenvalue weighted by atomic mass is 19.1. The van der Waals surface area contributed by atoms with Gasteiger partial charge < -0.3 is 19.3 Å². The molecular weight excluding hydrogens is 512 g/mol. The number of methoxy groups -OCH3 is 1. The van der Waals surface area contributed by atoms with Crippen LogP contribution in [0.15, 0.2) is 59.6 Å². The minimum absolute atomic E-state index is 0.0534. The van der Waals surface area contributed by atoms with E-state index in [1.165, 1.54) is 23.4 Å². The number of nitrogens with zero attached hydrogens (tertiary/aromatic N) is 7. The topological polar surface area (TPSA) is 123 Å². The minimum atomic E-state index is -1.77. The molecule has 1 aliphatic heterocycles. The van der Waals surface area contributed by atoms with E-state index in [-0.39, 0.29) is 23.8 Å². The molecule has 2 atom stereocenters. The van der Waals surface area contributed by atoms with Crippen LogP contribution in [0.5, 0.6) is 5.75 Å². The van der Waals surface area contributed by atoms with Gasteiger partial charge in [-0.15, -0.1) is 0 Å². The van der Waals surface area contributed by atoms with E-state index in [1.807, 2.05) is 4.90 Å². The van der Waals surface area contributed by atoms with Crippen molar-refractivity contribution >= 4 is 5.91 Å². The van der Waals surface area contributed by atoms with E-state index in [2.05, 4.69) is 20.2 Å². The number of hydrogen-bond acceptors (Lipinski definition) is 9. The highest BCUT2D eigenvalue weighted by Crippen LogP contribution is 2.33. The van der Waals surface area contributed by atoms with Crippen molar-refractivity contribution in [1.82, 2.24) is 34.7 Å². The Morgan fingerprint density at radius 1 is 1.15 bits per heavy atom. The summed E-state index contributed by atoms with van der Waals surface area (Å²) in [7, 11) is 1.57. The number of benzene rings is 2. The summed E-state index contributed by atoms with van der Waals surface area (Å²) < 4.78 is 40.3. The first-order valence-electron chi connectivity index (χ1n) is 12.3. The average molecular weight is 540 g/mol. The fraction of sp³-hybridized carbons (Fsp3) is 0.346. The molecule has 0 bridgehead atoms. The standard InChI is InChI=1S/C26H27F2N7O4/c1-17(26(37,14-35-16-29-15-30-35)21-8-5-19(27)13-22(21)28)33-9-11-34(12-10-33)25(36)24-31-23(32-39-24)18-3-6-20(38-2)7-4-18/h3-8,13,15-17,37H,9-12,14H2,1-2H3/t17-,26-/m1/s1. The Hall–Kier alpha value is -4.23. The first-order chi connectivity index (χ1) is 18.8. The van der Waals surface area contributed by atoms with Crippen LogP contribution in [0.4, 0.5) is 8.78 Å². The normalized spacial score (nSPS) is 16.6. The second kappa shape index (κ2) is 10.9. The second-order valence-corrected chi connectivity index (χ2v) is 9.30. The molecule has 204 valence electrons. The summed E-state index contributed by atoms with van der Waals surface area (Å²) in [6.45, 7) is 3.05. The van der Waals surface area contributed by atoms with Gasteiger partial charge in [0.25, 0.3) is 0 Å². The predicted octanol–water partition coefficient (Wildman–Crippen LogP) is 2.35. The quantitative estimate of drug-likeness (QED) is 0.359. The summed E-state index contributed by atoms with van der Waals surface area (Å²) in [4.78, 5) is 24.7. The highest BCUT2D eigenvalue weighted by molar-refractivity contribution is 5.90. The van der Waals surface area contributed by atoms with Crippen molar-refractivity contribution in [3.63, 3.8) is 0 Å². The van der Waals surface area contributed by atoms with Crippen LogP contribution in [0.1, 0.15) is 23.2 Å². The molecule has 13 heteroatoms. The number of piperazine rings is 1. The van der Waals surface area contributed by atoms with Gasteiger partial charge in [0.05, 0.1) is 13.7 Å². The molecule has 1 fully saturated rings. The van der Waals surface area contributed by atoms with Gasteiger partial charge in [-0.3, -0.25) is 9.69 Å². The van der Waals surface area contributed by atoms with E-state index in [1.54, 1.807) is 43.2 Å². The molecular formula is C26H27F2N7O4. The number of carbonyl (C=O) groups excluding carboxylic acids is 1. The molecule has 0 saturated carbocycles. The summed E-state index contributed by atoms with van der Waals surface area (Å²) >= 11 is 0. The Morgan fingerprint density at radius 3 is 2.54 bits per heavy atom. The van der Waals surface area contributed by atoms with E-state index in [4.69, 9.17) is 9.26 Å². The van der Waals surface area contributed by atoms with Crippen molar-refractivity contribution in [2.24, 2.45) is 0 Å². The van der Waals surface area contributed by atoms with Gasteiger partial charge in [0.15, 0.2) is 0 Å². The van der Waals surface area contributed by atoms with E-state index in [0.717, 1.165) is 12.1 Å². The molecule has 2 aromatic heterocycles. The average Bonchev–Trinajstić information content (AvgIpc) is 3.65. The zero-order chi connectivity index (χ0) is 27.6. The number of aliphatic hydroxyl groups is 1. The molecule has 39 heavy (non-hydrogen) atoms. The molecule has 1 amide bonds. The third-order valence-electron chi connectivity index (χ3n) is 7.06. The van der Waals surface area contributed by atoms with Gasteiger partial charge >= 0.3 is 11.8 Å². The zero-order valence-electron chi connectivity index (χ0n) is 21.4. The molecule has 2 aromatic carbocycles. The zero-order valence-corrected chi connectivity index (χ0v) is 21.4. The molecule has 0 aliphatic carbocycles. The maximum Gasteiger partial charge on any atom is 0.316 e. The van der Waals surface area contributed by atoms with E-state index >= 15 is 0 Å². The van der Waals surface area contributed by atoms with Crippen LogP contribution in [0.3, 0.4) is 0 Å². The van der Waals surface area contributed by atoms with Gasteiger partial charge in [0, 0.05) is 49.4 Å². The molecule has 1 saturated heterocycles. The third kappa shape index (κ3) is 5.36. The Labute approximate surface area is 222 Å². The van der Waals surface area contributed by atoms with Crippen LogP contribution < -0.4 is 4.74 Å². The number of ether oxygens (including phenoxy) is 1. The summed E-state index contributed by atoms with van der Waals surface area (Å²) in [5.74, 6) is -1.16. The molecule has 1 aliphatic rings. The summed E-state index contributed by atoms with van der Waals surface area (Å²) in [5, 5.41) is 19.8. The lowest BCUT2D eigenvalue weighted by molar-refractivity contribution is -0.0720. The smallest absolute Gasteiger partial charge is 0.316 e. The first kappa shape index (κ1) is 26.4. The van der Waals surface area contributed by atoms with Gasteiger partial charge in [-0.25, -0.2) is 18.4 Å². The van der Waals surface area contributed by atoms with Crippen molar-refractivity contribution in [2.75, 3.05) is 33.3 Å². The molecule has 0 spiro atoms. The van der Waals surface area contributed by atoms with Gasteiger partial charge in [-0.05, 0) is 37.3 Å². The number of aromatic nitrogens is 5. The van der Waals surface area contributed by atoms with Crippen LogP contribution in [-0.4, -0.2) is 85.0 Å². The van der Waals surface area contributed by atoms with Crippen molar-refractivity contribution in [3.05, 3.63) is 78.2 Å². The molecule has 5 rings (SSSR count). The number of rotatable bonds is 8. The minimum Gasteiger partial charge on any atom is -0.497 e. The van der Waals surface area contributed by atoms with Gasteiger partial charge in [-0.2, -0.15) is 10.1 Å². The van der Waals surface area contributed by atoms with Gasteiger partial charge in [-0.1, -0.05) is 11.2 Å². The fourth-order valence-electron chi connectivity index (χ4n) is 4.76. The maximum atomic E-state index is 14.9. The van der Waals surface area contributed by atoms with Crippen molar-refractivity contribution < 1.29 is 27.9 Å². The highest BCUT2D eigenvalue weighted by Gasteiger charge is 2.43. The van der Waals surface area contributed by atoms with Crippen LogP contribution in [0.25, 0.3) is 11.4 Å². The van der Waals surface area contributed by atoms with Crippen LogP contribution in [0.2, 0.25) is 0 Å². The SMILES string of the molecule is COc1ccc(-c2noc(C(=O)N3CCN([C@H](C)[C@](O)(Cn4cncn4)c4ccc(F)cc4F)CC3)n2)cc1. The number of hydrogen-bond donors (Lipinski definition) is 1. The summed E-state index contributed by atoms with van der Waals surface area (Å²) in [5.41, 5.74) is -1.14. The molecule has 3 heterocycles. The lowest BCUT2D eigenvalue weighted by atomic mass is 9.85. The van der Waals surface area contributed by atoms with Gasteiger partial charge in [0.1, 0.15) is 35.6 Å².